The Labute approximate surface area is 231 Å². The third-order valence-corrected chi connectivity index (χ3v) is 7.84. The number of nitrogens with zero attached hydrogens (tertiary/aromatic N) is 3. The zero-order valence-corrected chi connectivity index (χ0v) is 23.6. The highest BCUT2D eigenvalue weighted by Gasteiger charge is 2.38. The Hall–Kier alpha value is -2.48. The lowest BCUT2D eigenvalue weighted by Gasteiger charge is -2.29. The normalized spacial score (nSPS) is 20.1. The molecule has 0 aliphatic carbocycles. The van der Waals surface area contributed by atoms with Gasteiger partial charge < -0.3 is 14.4 Å². The van der Waals surface area contributed by atoms with Gasteiger partial charge in [0.15, 0.2) is 5.17 Å². The van der Waals surface area contributed by atoms with Crippen LogP contribution < -0.4 is 0 Å². The summed E-state index contributed by atoms with van der Waals surface area (Å²) < 4.78 is 11.9. The molecule has 38 heavy (non-hydrogen) atoms. The number of aryl methyl sites for hydroxylation is 2. The molecule has 2 heterocycles. The van der Waals surface area contributed by atoms with Crippen LogP contribution in [0.2, 0.25) is 0 Å². The molecule has 204 valence electrons. The van der Waals surface area contributed by atoms with Gasteiger partial charge in [0.2, 0.25) is 0 Å². The highest BCUT2D eigenvalue weighted by molar-refractivity contribution is 8.13. The van der Waals surface area contributed by atoms with Crippen LogP contribution in [0, 0.1) is 5.92 Å². The molecule has 2 aromatic rings. The van der Waals surface area contributed by atoms with Gasteiger partial charge in [0.1, 0.15) is 5.92 Å². The van der Waals surface area contributed by atoms with E-state index >= 15 is 0 Å². The molecule has 1 fully saturated rings. The average molecular weight is 536 g/mol. The summed E-state index contributed by atoms with van der Waals surface area (Å²) in [7, 11) is 0. The molecule has 0 amide bonds. The minimum atomic E-state index is -0.593. The van der Waals surface area contributed by atoms with Crippen LogP contribution in [-0.2, 0) is 27.1 Å². The maximum absolute atomic E-state index is 13.6. The molecule has 0 radical (unpaired) electrons. The zero-order chi connectivity index (χ0) is 26.6. The van der Waals surface area contributed by atoms with Crippen LogP contribution in [0.5, 0.6) is 0 Å². The molecule has 1 saturated heterocycles. The van der Waals surface area contributed by atoms with Crippen molar-refractivity contribution in [2.75, 3.05) is 45.7 Å². The minimum absolute atomic E-state index is 0.273. The third kappa shape index (κ3) is 8.26. The molecule has 0 bridgehead atoms. The van der Waals surface area contributed by atoms with Gasteiger partial charge >= 0.3 is 5.97 Å². The maximum atomic E-state index is 13.6. The number of ether oxygens (including phenoxy) is 2. The second-order valence-corrected chi connectivity index (χ2v) is 10.7. The highest BCUT2D eigenvalue weighted by Crippen LogP contribution is 2.34. The summed E-state index contributed by atoms with van der Waals surface area (Å²) in [6.07, 6.45) is 8.42. The lowest BCUT2D eigenvalue weighted by molar-refractivity contribution is -0.147. The van der Waals surface area contributed by atoms with Crippen molar-refractivity contribution in [3.63, 3.8) is 0 Å². The predicted molar refractivity (Wildman–Crippen MR) is 157 cm³/mol. The predicted octanol–water partition coefficient (Wildman–Crippen LogP) is 5.76. The molecule has 0 spiro atoms. The van der Waals surface area contributed by atoms with Crippen molar-refractivity contribution in [3.8, 4) is 0 Å². The quantitative estimate of drug-likeness (QED) is 0.255. The van der Waals surface area contributed by atoms with Gasteiger partial charge in [-0.05, 0) is 68.1 Å². The molecule has 7 heteroatoms. The Bertz CT molecular complexity index is 1070. The van der Waals surface area contributed by atoms with Crippen LogP contribution in [0.25, 0.3) is 0 Å². The Balaban J connectivity index is 1.44. The second-order valence-electron chi connectivity index (χ2n) is 9.95. The number of amidine groups is 1. The van der Waals surface area contributed by atoms with Gasteiger partial charge in [-0.2, -0.15) is 0 Å². The Morgan fingerprint density at radius 1 is 1.00 bits per heavy atom. The van der Waals surface area contributed by atoms with Gasteiger partial charge in [0.05, 0.1) is 31.6 Å². The Morgan fingerprint density at radius 3 is 2.47 bits per heavy atom. The molecule has 0 aromatic heterocycles. The van der Waals surface area contributed by atoms with Crippen molar-refractivity contribution in [3.05, 3.63) is 71.3 Å². The van der Waals surface area contributed by atoms with Crippen LogP contribution in [0.15, 0.2) is 64.6 Å². The van der Waals surface area contributed by atoms with Crippen LogP contribution in [0.4, 0.5) is 0 Å². The Morgan fingerprint density at radius 2 is 1.76 bits per heavy atom. The number of hydrogen-bond donors (Lipinski definition) is 0. The van der Waals surface area contributed by atoms with E-state index in [0.717, 1.165) is 44.5 Å². The highest BCUT2D eigenvalue weighted by atomic mass is 32.2. The fourth-order valence-corrected chi connectivity index (χ4v) is 5.46. The summed E-state index contributed by atoms with van der Waals surface area (Å²) in [5, 5.41) is 0.678. The van der Waals surface area contributed by atoms with E-state index in [9.17, 15) is 4.79 Å². The van der Waals surface area contributed by atoms with Gasteiger partial charge in [-0.3, -0.25) is 9.79 Å². The zero-order valence-electron chi connectivity index (χ0n) is 22.8. The molecule has 6 nitrogen and oxygen atoms in total. The number of hydrogen-bond acceptors (Lipinski definition) is 7. The summed E-state index contributed by atoms with van der Waals surface area (Å²) in [6.45, 7) is 6.63. The Kier molecular flexibility index (Phi) is 11.4. The number of carbonyl (C=O) groups is 1. The number of likely N-dealkylation sites (tertiary alicyclic amines) is 1. The fourth-order valence-electron chi connectivity index (χ4n) is 5.04. The molecular weight excluding hydrogens is 494 g/mol. The van der Waals surface area contributed by atoms with Crippen molar-refractivity contribution in [1.29, 1.82) is 0 Å². The topological polar surface area (TPSA) is 63.5 Å². The van der Waals surface area contributed by atoms with Crippen LogP contribution >= 0.6 is 11.8 Å². The van der Waals surface area contributed by atoms with E-state index in [2.05, 4.69) is 48.2 Å². The van der Waals surface area contributed by atoms with Gasteiger partial charge in [-0.1, -0.05) is 79.7 Å². The van der Waals surface area contributed by atoms with Crippen molar-refractivity contribution < 1.29 is 14.3 Å². The molecule has 2 unspecified atom stereocenters. The van der Waals surface area contributed by atoms with Gasteiger partial charge in [0.25, 0.3) is 0 Å². The van der Waals surface area contributed by atoms with Crippen molar-refractivity contribution in [2.24, 2.45) is 15.9 Å². The first-order valence-corrected chi connectivity index (χ1v) is 15.2. The van der Waals surface area contributed by atoms with E-state index in [-0.39, 0.29) is 12.0 Å². The van der Waals surface area contributed by atoms with Crippen LogP contribution in [-0.4, -0.2) is 67.5 Å². The fraction of sp³-hybridized carbons (Fsp3) is 0.516. The maximum Gasteiger partial charge on any atom is 0.317 e. The lowest BCUT2D eigenvalue weighted by Crippen LogP contribution is -2.38. The largest absolute Gasteiger partial charge is 0.465 e. The number of piperidine rings is 1. The molecule has 2 aromatic carbocycles. The van der Waals surface area contributed by atoms with E-state index in [1.54, 1.807) is 0 Å². The first-order chi connectivity index (χ1) is 18.7. The van der Waals surface area contributed by atoms with Gasteiger partial charge in [-0.15, -0.1) is 0 Å². The summed E-state index contributed by atoms with van der Waals surface area (Å²) in [5.74, 6) is -0.866. The summed E-state index contributed by atoms with van der Waals surface area (Å²) in [5.41, 5.74) is 4.21. The minimum Gasteiger partial charge on any atom is -0.465 e. The average Bonchev–Trinajstić information content (AvgIpc) is 2.98. The molecular formula is C31H41N3O3S. The van der Waals surface area contributed by atoms with Crippen LogP contribution in [0.3, 0.4) is 0 Å². The number of aliphatic imine (C=N–C) groups is 2. The summed E-state index contributed by atoms with van der Waals surface area (Å²) in [6, 6.07) is 18.3. The number of rotatable bonds is 12. The summed E-state index contributed by atoms with van der Waals surface area (Å²) in [4.78, 5) is 25.7. The second kappa shape index (κ2) is 15.2. The van der Waals surface area contributed by atoms with Crippen molar-refractivity contribution in [1.82, 2.24) is 4.90 Å². The first kappa shape index (κ1) is 28.5. The number of esters is 1. The SMILES string of the molecule is CCc1ccc(C2N=C(SC)N=C(COCCN3CCCCC3)C2C(=O)OCCCc2ccccc2)cc1. The van der Waals surface area contributed by atoms with Crippen LogP contribution in [0.1, 0.15) is 55.3 Å². The molecule has 2 atom stereocenters. The standard InChI is InChI=1S/C31H41N3O3S/c1-3-24-14-16-26(17-15-24)29-28(30(35)37-21-10-13-25-11-6-4-7-12-25)27(32-31(33-29)38-2)23-36-22-20-34-18-8-5-9-19-34/h4,6-7,11-12,14-17,28-29H,3,5,8-10,13,18-23H2,1-2H3. The molecule has 2 aliphatic rings. The monoisotopic (exact) mass is 535 g/mol. The van der Waals surface area contributed by atoms with E-state index in [0.29, 0.717) is 30.7 Å². The smallest absolute Gasteiger partial charge is 0.317 e. The molecule has 0 N–H and O–H groups in total. The summed E-state index contributed by atoms with van der Waals surface area (Å²) >= 11 is 1.50. The van der Waals surface area contributed by atoms with Crippen molar-refractivity contribution >= 4 is 28.6 Å². The molecule has 0 saturated carbocycles. The third-order valence-electron chi connectivity index (χ3n) is 7.28. The van der Waals surface area contributed by atoms with E-state index < -0.39 is 5.92 Å². The van der Waals surface area contributed by atoms with Gasteiger partial charge in [-0.25, -0.2) is 4.99 Å². The van der Waals surface area contributed by atoms with E-state index in [1.807, 2.05) is 24.5 Å². The number of benzene rings is 2. The van der Waals surface area contributed by atoms with Crippen molar-refractivity contribution in [2.45, 2.75) is 51.5 Å². The number of carbonyl (C=O) groups excluding carboxylic acids is 1. The lowest BCUT2D eigenvalue weighted by atomic mass is 9.88. The number of thioether (sulfide) groups is 1. The van der Waals surface area contributed by atoms with Gasteiger partial charge in [0, 0.05) is 6.54 Å². The molecule has 2 aliphatic heterocycles. The van der Waals surface area contributed by atoms with E-state index in [1.165, 1.54) is 42.2 Å². The first-order valence-electron chi connectivity index (χ1n) is 14.0. The molecule has 4 rings (SSSR count). The van der Waals surface area contributed by atoms with E-state index in [4.69, 9.17) is 19.5 Å².